The van der Waals surface area contributed by atoms with E-state index in [0.29, 0.717) is 11.8 Å². The van der Waals surface area contributed by atoms with Gasteiger partial charge >= 0.3 is 0 Å². The van der Waals surface area contributed by atoms with Gasteiger partial charge in [0.2, 0.25) is 0 Å². The van der Waals surface area contributed by atoms with Crippen molar-refractivity contribution in [3.05, 3.63) is 0 Å². The van der Waals surface area contributed by atoms with E-state index < -0.39 is 6.29 Å². The molecule has 2 aliphatic rings. The van der Waals surface area contributed by atoms with Gasteiger partial charge < -0.3 is 9.84 Å². The van der Waals surface area contributed by atoms with Crippen molar-refractivity contribution < 1.29 is 9.84 Å². The van der Waals surface area contributed by atoms with Crippen LogP contribution >= 0.6 is 0 Å². The molecule has 2 fully saturated rings. The Labute approximate surface area is 67.6 Å². The zero-order valence-corrected chi connectivity index (χ0v) is 6.99. The quantitative estimate of drug-likeness (QED) is 0.574. The third-order valence-electron chi connectivity index (χ3n) is 3.16. The highest BCUT2D eigenvalue weighted by atomic mass is 16.6. The van der Waals surface area contributed by atoms with Crippen molar-refractivity contribution in [1.82, 2.24) is 0 Å². The fourth-order valence-corrected chi connectivity index (χ4v) is 2.39. The third kappa shape index (κ3) is 1.30. The molecule has 2 heteroatoms. The number of hydrogen-bond acceptors (Lipinski definition) is 2. The minimum Gasteiger partial charge on any atom is -0.368 e. The van der Waals surface area contributed by atoms with E-state index in [1.54, 1.807) is 0 Å². The fourth-order valence-electron chi connectivity index (χ4n) is 2.39. The number of hydrogen-bond donors (Lipinski definition) is 1. The normalized spacial score (nSPS) is 50.7. The van der Waals surface area contributed by atoms with E-state index >= 15 is 0 Å². The molecule has 2 rings (SSSR count). The highest BCUT2D eigenvalue weighted by Crippen LogP contribution is 2.40. The van der Waals surface area contributed by atoms with E-state index in [1.807, 2.05) is 0 Å². The van der Waals surface area contributed by atoms with Crippen LogP contribution in [0.1, 0.15) is 26.2 Å². The van der Waals surface area contributed by atoms with Gasteiger partial charge in [-0.25, -0.2) is 0 Å². The number of aliphatic hydroxyl groups is 1. The number of ether oxygens (including phenoxy) is 1. The summed E-state index contributed by atoms with van der Waals surface area (Å²) in [5.41, 5.74) is 0. The van der Waals surface area contributed by atoms with E-state index in [1.165, 1.54) is 12.8 Å². The Kier molecular flexibility index (Phi) is 1.90. The number of fused-ring (bicyclic) bond motifs is 1. The average Bonchev–Trinajstić information content (AvgIpc) is 2.33. The van der Waals surface area contributed by atoms with Gasteiger partial charge in [-0.2, -0.15) is 0 Å². The maximum absolute atomic E-state index is 9.42. The third-order valence-corrected chi connectivity index (χ3v) is 3.16. The molecule has 11 heavy (non-hydrogen) atoms. The van der Waals surface area contributed by atoms with Crippen molar-refractivity contribution in [2.24, 2.45) is 17.8 Å². The first kappa shape index (κ1) is 7.56. The van der Waals surface area contributed by atoms with Gasteiger partial charge in [0.25, 0.3) is 0 Å². The molecule has 1 saturated carbocycles. The van der Waals surface area contributed by atoms with Crippen LogP contribution in [0.15, 0.2) is 0 Å². The maximum Gasteiger partial charge on any atom is 0.157 e. The van der Waals surface area contributed by atoms with Crippen molar-refractivity contribution in [3.8, 4) is 0 Å². The molecule has 0 aromatic carbocycles. The minimum atomic E-state index is -0.456. The summed E-state index contributed by atoms with van der Waals surface area (Å²) in [6, 6.07) is 0. The zero-order chi connectivity index (χ0) is 7.84. The van der Waals surface area contributed by atoms with Gasteiger partial charge in [0.05, 0.1) is 6.61 Å². The molecule has 1 N–H and O–H groups in total. The minimum absolute atomic E-state index is 0.443. The van der Waals surface area contributed by atoms with Crippen molar-refractivity contribution in [1.29, 1.82) is 0 Å². The Morgan fingerprint density at radius 3 is 3.00 bits per heavy atom. The smallest absolute Gasteiger partial charge is 0.157 e. The molecule has 2 nitrogen and oxygen atoms in total. The van der Waals surface area contributed by atoms with Crippen LogP contribution in [-0.2, 0) is 4.74 Å². The van der Waals surface area contributed by atoms with Crippen LogP contribution in [-0.4, -0.2) is 18.0 Å². The highest BCUT2D eigenvalue weighted by molar-refractivity contribution is 4.84. The molecule has 1 aliphatic heterocycles. The molecule has 1 aliphatic carbocycles. The van der Waals surface area contributed by atoms with Gasteiger partial charge in [0, 0.05) is 5.92 Å². The zero-order valence-electron chi connectivity index (χ0n) is 6.99. The summed E-state index contributed by atoms with van der Waals surface area (Å²) in [5.74, 6) is 1.88. The molecule has 0 amide bonds. The largest absolute Gasteiger partial charge is 0.368 e. The Morgan fingerprint density at radius 1 is 1.36 bits per heavy atom. The molecule has 0 aromatic rings. The second-order valence-electron chi connectivity index (χ2n) is 4.07. The lowest BCUT2D eigenvalue weighted by atomic mass is 9.76. The molecular formula is C9H16O2. The van der Waals surface area contributed by atoms with E-state index in [4.69, 9.17) is 4.74 Å². The average molecular weight is 156 g/mol. The summed E-state index contributed by atoms with van der Waals surface area (Å²) >= 11 is 0. The van der Waals surface area contributed by atoms with Crippen LogP contribution in [0.25, 0.3) is 0 Å². The molecular weight excluding hydrogens is 140 g/mol. The van der Waals surface area contributed by atoms with Crippen LogP contribution in [0.4, 0.5) is 0 Å². The van der Waals surface area contributed by atoms with E-state index in [2.05, 4.69) is 6.92 Å². The van der Waals surface area contributed by atoms with Gasteiger partial charge in [-0.05, 0) is 24.7 Å². The predicted molar refractivity (Wildman–Crippen MR) is 42.0 cm³/mol. The molecule has 4 atom stereocenters. The Balaban J connectivity index is 2.01. The molecule has 0 spiro atoms. The lowest BCUT2D eigenvalue weighted by molar-refractivity contribution is -0.0868. The van der Waals surface area contributed by atoms with E-state index in [0.717, 1.165) is 18.9 Å². The fraction of sp³-hybridized carbons (Fsp3) is 1.00. The molecule has 0 radical (unpaired) electrons. The van der Waals surface area contributed by atoms with Gasteiger partial charge in [0.15, 0.2) is 6.29 Å². The second-order valence-corrected chi connectivity index (χ2v) is 4.07. The van der Waals surface area contributed by atoms with Crippen LogP contribution in [0, 0.1) is 17.8 Å². The van der Waals surface area contributed by atoms with E-state index in [-0.39, 0.29) is 0 Å². The summed E-state index contributed by atoms with van der Waals surface area (Å²) in [6.07, 6.45) is 3.27. The lowest BCUT2D eigenvalue weighted by Crippen LogP contribution is -2.26. The maximum atomic E-state index is 9.42. The highest BCUT2D eigenvalue weighted by Gasteiger charge is 2.39. The van der Waals surface area contributed by atoms with Crippen LogP contribution < -0.4 is 0 Å². The van der Waals surface area contributed by atoms with Crippen molar-refractivity contribution in [2.45, 2.75) is 32.5 Å². The van der Waals surface area contributed by atoms with Crippen molar-refractivity contribution >= 4 is 0 Å². The van der Waals surface area contributed by atoms with Gasteiger partial charge in [-0.15, -0.1) is 0 Å². The molecule has 0 aromatic heterocycles. The molecule has 64 valence electrons. The molecule has 0 bridgehead atoms. The van der Waals surface area contributed by atoms with Crippen molar-refractivity contribution in [3.63, 3.8) is 0 Å². The van der Waals surface area contributed by atoms with Crippen molar-refractivity contribution in [2.75, 3.05) is 6.61 Å². The lowest BCUT2D eigenvalue weighted by Gasteiger charge is -2.29. The second kappa shape index (κ2) is 2.76. The Hall–Kier alpha value is -0.0800. The standard InChI is InChI=1S/C9H16O2/c1-6-2-3-7-5-11-9(10)8(7)4-6/h6-10H,2-5H2,1H3. The topological polar surface area (TPSA) is 29.5 Å². The summed E-state index contributed by atoms with van der Waals surface area (Å²) in [7, 11) is 0. The summed E-state index contributed by atoms with van der Waals surface area (Å²) in [5, 5.41) is 9.42. The van der Waals surface area contributed by atoms with Crippen LogP contribution in [0.3, 0.4) is 0 Å². The summed E-state index contributed by atoms with van der Waals surface area (Å²) < 4.78 is 5.20. The van der Waals surface area contributed by atoms with Gasteiger partial charge in [0.1, 0.15) is 0 Å². The number of rotatable bonds is 0. The molecule has 1 saturated heterocycles. The monoisotopic (exact) mass is 156 g/mol. The van der Waals surface area contributed by atoms with Gasteiger partial charge in [-0.1, -0.05) is 13.3 Å². The predicted octanol–water partition coefficient (Wildman–Crippen LogP) is 1.39. The first-order valence-corrected chi connectivity index (χ1v) is 4.57. The number of aliphatic hydroxyl groups excluding tert-OH is 1. The summed E-state index contributed by atoms with van der Waals surface area (Å²) in [4.78, 5) is 0. The first-order valence-electron chi connectivity index (χ1n) is 4.57. The molecule has 1 heterocycles. The Bertz CT molecular complexity index is 146. The Morgan fingerprint density at radius 2 is 2.18 bits per heavy atom. The van der Waals surface area contributed by atoms with E-state index in [9.17, 15) is 5.11 Å². The summed E-state index contributed by atoms with van der Waals surface area (Å²) in [6.45, 7) is 3.06. The molecule has 4 unspecified atom stereocenters. The van der Waals surface area contributed by atoms with Gasteiger partial charge in [-0.3, -0.25) is 0 Å². The van der Waals surface area contributed by atoms with Crippen LogP contribution in [0.5, 0.6) is 0 Å². The first-order chi connectivity index (χ1) is 5.27. The SMILES string of the molecule is CC1CCC2COC(O)C2C1. The van der Waals surface area contributed by atoms with Crippen LogP contribution in [0.2, 0.25) is 0 Å².